The van der Waals surface area contributed by atoms with Gasteiger partial charge in [0.15, 0.2) is 0 Å². The Bertz CT molecular complexity index is 394. The van der Waals surface area contributed by atoms with E-state index < -0.39 is 0 Å². The molecule has 1 aromatic rings. The van der Waals surface area contributed by atoms with Gasteiger partial charge in [-0.1, -0.05) is 13.0 Å². The summed E-state index contributed by atoms with van der Waals surface area (Å²) in [5.74, 6) is 2.21. The molecule has 1 aliphatic rings. The molecule has 0 amide bonds. The van der Waals surface area contributed by atoms with Crippen molar-refractivity contribution in [3.05, 3.63) is 29.3 Å². The van der Waals surface area contributed by atoms with Gasteiger partial charge in [-0.3, -0.25) is 0 Å². The van der Waals surface area contributed by atoms with E-state index in [-0.39, 0.29) is 0 Å². The normalized spacial score (nSPS) is 17.5. The van der Waals surface area contributed by atoms with Crippen molar-refractivity contribution in [2.45, 2.75) is 38.6 Å². The molecule has 1 atom stereocenters. The molecule has 2 rings (SSSR count). The van der Waals surface area contributed by atoms with Crippen LogP contribution in [0.15, 0.2) is 18.2 Å². The molecule has 19 heavy (non-hydrogen) atoms. The monoisotopic (exact) mass is 279 g/mol. The lowest BCUT2D eigenvalue weighted by Gasteiger charge is -2.14. The molecule has 0 spiro atoms. The van der Waals surface area contributed by atoms with E-state index in [1.807, 2.05) is 11.8 Å². The maximum absolute atomic E-state index is 5.82. The summed E-state index contributed by atoms with van der Waals surface area (Å²) < 4.78 is 5.82. The summed E-state index contributed by atoms with van der Waals surface area (Å²) in [4.78, 5) is 0. The van der Waals surface area contributed by atoms with Gasteiger partial charge in [-0.05, 0) is 67.5 Å². The second-order valence-corrected chi connectivity index (χ2v) is 6.09. The van der Waals surface area contributed by atoms with Crippen LogP contribution in [0.4, 0.5) is 0 Å². The number of ether oxygens (including phenoxy) is 1. The van der Waals surface area contributed by atoms with E-state index in [4.69, 9.17) is 4.74 Å². The van der Waals surface area contributed by atoms with Gasteiger partial charge in [-0.2, -0.15) is 11.8 Å². The Labute approximate surface area is 121 Å². The Hall–Kier alpha value is -0.670. The van der Waals surface area contributed by atoms with Gasteiger partial charge in [0.05, 0.1) is 6.61 Å². The molecule has 0 saturated carbocycles. The third-order valence-corrected chi connectivity index (χ3v) is 4.29. The van der Waals surface area contributed by atoms with Crippen molar-refractivity contribution < 1.29 is 4.74 Å². The Balaban J connectivity index is 1.89. The molecule has 0 saturated heterocycles. The van der Waals surface area contributed by atoms with Crippen molar-refractivity contribution in [2.24, 2.45) is 0 Å². The minimum Gasteiger partial charge on any atom is -0.494 e. The van der Waals surface area contributed by atoms with Gasteiger partial charge in [0.1, 0.15) is 5.75 Å². The van der Waals surface area contributed by atoms with Crippen LogP contribution < -0.4 is 10.1 Å². The Morgan fingerprint density at radius 3 is 3.11 bits per heavy atom. The summed E-state index contributed by atoms with van der Waals surface area (Å²) >= 11 is 1.88. The van der Waals surface area contributed by atoms with Gasteiger partial charge >= 0.3 is 0 Å². The lowest BCUT2D eigenvalue weighted by Crippen LogP contribution is -2.19. The molecule has 0 heterocycles. The Kier molecular flexibility index (Phi) is 6.05. The predicted molar refractivity (Wildman–Crippen MR) is 84.3 cm³/mol. The minimum atomic E-state index is 0.556. The number of thioether (sulfide) groups is 1. The summed E-state index contributed by atoms with van der Waals surface area (Å²) in [6, 6.07) is 7.17. The summed E-state index contributed by atoms with van der Waals surface area (Å²) in [6.45, 7) is 4.16. The van der Waals surface area contributed by atoms with Crippen molar-refractivity contribution in [3.63, 3.8) is 0 Å². The molecule has 1 N–H and O–H groups in total. The third kappa shape index (κ3) is 4.15. The topological polar surface area (TPSA) is 21.3 Å². The fourth-order valence-corrected chi connectivity index (χ4v) is 3.01. The maximum atomic E-state index is 5.82. The highest BCUT2D eigenvalue weighted by Gasteiger charge is 2.21. The summed E-state index contributed by atoms with van der Waals surface area (Å²) in [5.41, 5.74) is 2.95. The van der Waals surface area contributed by atoms with Crippen LogP contribution in [-0.2, 0) is 6.42 Å². The fourth-order valence-electron chi connectivity index (χ4n) is 2.61. The van der Waals surface area contributed by atoms with Crippen LogP contribution in [0.3, 0.4) is 0 Å². The highest BCUT2D eigenvalue weighted by molar-refractivity contribution is 7.98. The first-order chi connectivity index (χ1) is 9.35. The molecule has 0 fully saturated rings. The van der Waals surface area contributed by atoms with E-state index in [9.17, 15) is 0 Å². The SMILES string of the molecule is CCCNC1CCc2cc(OCCCSC)ccc21. The first-order valence-electron chi connectivity index (χ1n) is 7.33. The van der Waals surface area contributed by atoms with E-state index in [2.05, 4.69) is 36.7 Å². The van der Waals surface area contributed by atoms with Crippen LogP contribution in [0, 0.1) is 0 Å². The number of fused-ring (bicyclic) bond motifs is 1. The number of rotatable bonds is 8. The van der Waals surface area contributed by atoms with Gasteiger partial charge in [-0.15, -0.1) is 0 Å². The van der Waals surface area contributed by atoms with Crippen LogP contribution in [0.25, 0.3) is 0 Å². The van der Waals surface area contributed by atoms with Gasteiger partial charge in [0.25, 0.3) is 0 Å². The summed E-state index contributed by atoms with van der Waals surface area (Å²) in [7, 11) is 0. The van der Waals surface area contributed by atoms with Gasteiger partial charge in [-0.25, -0.2) is 0 Å². The Morgan fingerprint density at radius 1 is 1.42 bits per heavy atom. The first kappa shape index (κ1) is 14.7. The average Bonchev–Trinajstić information content (AvgIpc) is 2.84. The minimum absolute atomic E-state index is 0.556. The van der Waals surface area contributed by atoms with E-state index >= 15 is 0 Å². The standard InChI is InChI=1S/C16H25NOS/c1-3-9-17-16-8-5-13-12-14(6-7-15(13)16)18-10-4-11-19-2/h6-7,12,16-17H,3-5,8-11H2,1-2H3. The third-order valence-electron chi connectivity index (χ3n) is 3.59. The summed E-state index contributed by atoms with van der Waals surface area (Å²) in [6.07, 6.45) is 6.87. The van der Waals surface area contributed by atoms with E-state index in [1.54, 1.807) is 0 Å². The number of hydrogen-bond donors (Lipinski definition) is 1. The van der Waals surface area contributed by atoms with Crippen LogP contribution in [0.5, 0.6) is 5.75 Å². The second-order valence-electron chi connectivity index (χ2n) is 5.10. The van der Waals surface area contributed by atoms with Crippen molar-refractivity contribution in [1.82, 2.24) is 5.32 Å². The maximum Gasteiger partial charge on any atom is 0.119 e. The average molecular weight is 279 g/mol. The molecule has 3 heteroatoms. The van der Waals surface area contributed by atoms with Crippen molar-refractivity contribution >= 4 is 11.8 Å². The number of hydrogen-bond acceptors (Lipinski definition) is 3. The zero-order valence-corrected chi connectivity index (χ0v) is 12.9. The second kappa shape index (κ2) is 7.81. The largest absolute Gasteiger partial charge is 0.494 e. The molecule has 0 aliphatic heterocycles. The summed E-state index contributed by atoms with van der Waals surface area (Å²) in [5, 5.41) is 3.62. The molecule has 0 bridgehead atoms. The number of nitrogens with one attached hydrogen (secondary N) is 1. The number of benzene rings is 1. The van der Waals surface area contributed by atoms with Gasteiger partial charge < -0.3 is 10.1 Å². The predicted octanol–water partition coefficient (Wildman–Crippen LogP) is 3.81. The van der Waals surface area contributed by atoms with Crippen LogP contribution in [-0.4, -0.2) is 25.2 Å². The molecule has 0 radical (unpaired) electrons. The lowest BCUT2D eigenvalue weighted by molar-refractivity contribution is 0.318. The van der Waals surface area contributed by atoms with Crippen LogP contribution in [0.1, 0.15) is 43.4 Å². The van der Waals surface area contributed by atoms with Crippen molar-refractivity contribution in [1.29, 1.82) is 0 Å². The Morgan fingerprint density at radius 2 is 2.32 bits per heavy atom. The first-order valence-corrected chi connectivity index (χ1v) is 8.72. The van der Waals surface area contributed by atoms with E-state index in [0.29, 0.717) is 6.04 Å². The molecular formula is C16H25NOS. The quantitative estimate of drug-likeness (QED) is 0.731. The molecule has 1 unspecified atom stereocenters. The van der Waals surface area contributed by atoms with Crippen LogP contribution in [0.2, 0.25) is 0 Å². The molecule has 1 aromatic carbocycles. The molecule has 0 aromatic heterocycles. The highest BCUT2D eigenvalue weighted by Crippen LogP contribution is 2.33. The molecule has 106 valence electrons. The zero-order valence-electron chi connectivity index (χ0n) is 12.1. The van der Waals surface area contributed by atoms with Gasteiger partial charge in [0, 0.05) is 6.04 Å². The van der Waals surface area contributed by atoms with Gasteiger partial charge in [0.2, 0.25) is 0 Å². The van der Waals surface area contributed by atoms with E-state index in [1.165, 1.54) is 36.1 Å². The fraction of sp³-hybridized carbons (Fsp3) is 0.625. The smallest absolute Gasteiger partial charge is 0.119 e. The van der Waals surface area contributed by atoms with E-state index in [0.717, 1.165) is 25.3 Å². The van der Waals surface area contributed by atoms with Crippen molar-refractivity contribution in [3.8, 4) is 5.75 Å². The zero-order chi connectivity index (χ0) is 13.5. The van der Waals surface area contributed by atoms with Crippen LogP contribution >= 0.6 is 11.8 Å². The highest BCUT2D eigenvalue weighted by atomic mass is 32.2. The molecular weight excluding hydrogens is 254 g/mol. The number of aryl methyl sites for hydroxylation is 1. The van der Waals surface area contributed by atoms with Crippen molar-refractivity contribution in [2.75, 3.05) is 25.2 Å². The molecule has 1 aliphatic carbocycles. The lowest BCUT2D eigenvalue weighted by atomic mass is 10.1. The molecule has 2 nitrogen and oxygen atoms in total.